The largest absolute Gasteiger partial charge is 0.507 e. The zero-order valence-corrected chi connectivity index (χ0v) is 12.0. The molecule has 0 aromatic heterocycles. The van der Waals surface area contributed by atoms with E-state index in [2.05, 4.69) is 0 Å². The van der Waals surface area contributed by atoms with Crippen molar-refractivity contribution in [3.8, 4) is 5.75 Å². The second-order valence-electron chi connectivity index (χ2n) is 3.96. The van der Waals surface area contributed by atoms with Gasteiger partial charge in [0.25, 0.3) is 0 Å². The first-order valence-electron chi connectivity index (χ1n) is 6.02. The van der Waals surface area contributed by atoms with E-state index in [0.717, 1.165) is 5.75 Å². The summed E-state index contributed by atoms with van der Waals surface area (Å²) in [5.74, 6) is -0.524. The van der Waals surface area contributed by atoms with Crippen molar-refractivity contribution in [2.24, 2.45) is 5.73 Å². The minimum absolute atomic E-state index is 0.0671. The summed E-state index contributed by atoms with van der Waals surface area (Å²) in [6, 6.07) is 15.8. The van der Waals surface area contributed by atoms with Crippen LogP contribution in [0.4, 0.5) is 0 Å². The van der Waals surface area contributed by atoms with Crippen molar-refractivity contribution in [2.75, 3.05) is 0 Å². The third-order valence-corrected chi connectivity index (χ3v) is 3.16. The van der Waals surface area contributed by atoms with Crippen molar-refractivity contribution >= 4 is 22.9 Å². The van der Waals surface area contributed by atoms with E-state index >= 15 is 0 Å². The Morgan fingerprint density at radius 1 is 1.10 bits per heavy atom. The molecule has 0 spiro atoms. The van der Waals surface area contributed by atoms with Crippen LogP contribution in [0, 0.1) is 5.41 Å². The van der Waals surface area contributed by atoms with Gasteiger partial charge in [0.2, 0.25) is 0 Å². The highest BCUT2D eigenvalue weighted by Gasteiger charge is 2.05. The van der Waals surface area contributed by atoms with Crippen LogP contribution in [0.15, 0.2) is 54.6 Å². The van der Waals surface area contributed by atoms with Gasteiger partial charge in [0, 0.05) is 5.75 Å². The van der Waals surface area contributed by atoms with Crippen LogP contribution in [0.1, 0.15) is 15.9 Å². The Morgan fingerprint density at radius 2 is 1.67 bits per heavy atom. The molecule has 21 heavy (non-hydrogen) atoms. The second-order valence-corrected chi connectivity index (χ2v) is 4.98. The predicted octanol–water partition coefficient (Wildman–Crippen LogP) is 2.90. The molecule has 0 aliphatic rings. The molecule has 0 aliphatic carbocycles. The Morgan fingerprint density at radius 3 is 2.14 bits per heavy atom. The van der Waals surface area contributed by atoms with E-state index in [9.17, 15) is 4.79 Å². The highest BCUT2D eigenvalue weighted by molar-refractivity contribution is 8.13. The molecule has 0 unspecified atom stereocenters. The first-order chi connectivity index (χ1) is 10.0. The number of carboxylic acid groups (broad SMARTS) is 1. The Bertz CT molecular complexity index is 603. The van der Waals surface area contributed by atoms with Gasteiger partial charge >= 0.3 is 5.97 Å². The smallest absolute Gasteiger partial charge is 0.339 e. The Labute approximate surface area is 126 Å². The normalized spacial score (nSPS) is 9.33. The summed E-state index contributed by atoms with van der Waals surface area (Å²) >= 11 is 1.35. The number of hydrogen-bond acceptors (Lipinski definition) is 4. The van der Waals surface area contributed by atoms with Crippen molar-refractivity contribution in [2.45, 2.75) is 5.75 Å². The fourth-order valence-corrected chi connectivity index (χ4v) is 1.90. The molecular weight excluding hydrogens is 288 g/mol. The molecule has 0 fully saturated rings. The highest BCUT2D eigenvalue weighted by atomic mass is 32.2. The Kier molecular flexibility index (Phi) is 6.83. The molecule has 0 bridgehead atoms. The summed E-state index contributed by atoms with van der Waals surface area (Å²) in [6.45, 7) is 0. The van der Waals surface area contributed by atoms with Crippen molar-refractivity contribution in [3.05, 3.63) is 65.7 Å². The molecule has 2 rings (SSSR count). The van der Waals surface area contributed by atoms with Crippen molar-refractivity contribution in [1.29, 1.82) is 5.41 Å². The number of thioether (sulfide) groups is 1. The van der Waals surface area contributed by atoms with Crippen LogP contribution in [0.25, 0.3) is 0 Å². The predicted molar refractivity (Wildman–Crippen MR) is 84.7 cm³/mol. The van der Waals surface area contributed by atoms with Gasteiger partial charge in [0.05, 0.1) is 0 Å². The molecule has 110 valence electrons. The van der Waals surface area contributed by atoms with Crippen molar-refractivity contribution < 1.29 is 15.0 Å². The number of nitrogens with one attached hydrogen (secondary N) is 1. The minimum Gasteiger partial charge on any atom is -0.507 e. The number of carbonyl (C=O) groups is 1. The van der Waals surface area contributed by atoms with E-state index in [1.54, 1.807) is 12.1 Å². The molecule has 0 amide bonds. The molecule has 0 saturated heterocycles. The number of phenols is 1. The number of carboxylic acids is 1. The molecule has 6 heteroatoms. The second kappa shape index (κ2) is 8.65. The van der Waals surface area contributed by atoms with Gasteiger partial charge in [-0.1, -0.05) is 54.2 Å². The maximum Gasteiger partial charge on any atom is 0.339 e. The monoisotopic (exact) mass is 304 g/mol. The lowest BCUT2D eigenvalue weighted by atomic mass is 10.2. The average molecular weight is 304 g/mol. The summed E-state index contributed by atoms with van der Waals surface area (Å²) in [4.78, 5) is 10.3. The quantitative estimate of drug-likeness (QED) is 0.515. The fraction of sp³-hybridized carbons (Fsp3) is 0.0667. The zero-order valence-electron chi connectivity index (χ0n) is 11.2. The number of rotatable bonds is 3. The van der Waals surface area contributed by atoms with Gasteiger partial charge in [-0.15, -0.1) is 0 Å². The summed E-state index contributed by atoms with van der Waals surface area (Å²) in [6.07, 6.45) is 0. The van der Waals surface area contributed by atoms with E-state index in [1.807, 2.05) is 30.3 Å². The molecule has 0 aliphatic heterocycles. The molecule has 0 radical (unpaired) electrons. The van der Waals surface area contributed by atoms with Crippen LogP contribution in [0.5, 0.6) is 5.75 Å². The molecule has 0 heterocycles. The van der Waals surface area contributed by atoms with Crippen LogP contribution in [-0.2, 0) is 5.75 Å². The number of aromatic hydroxyl groups is 1. The molecule has 5 nitrogen and oxygen atoms in total. The van der Waals surface area contributed by atoms with Crippen molar-refractivity contribution in [1.82, 2.24) is 0 Å². The summed E-state index contributed by atoms with van der Waals surface area (Å²) in [5, 5.41) is 24.5. The maximum atomic E-state index is 10.3. The number of hydrogen-bond donors (Lipinski definition) is 4. The van der Waals surface area contributed by atoms with Gasteiger partial charge in [0.15, 0.2) is 5.17 Å². The van der Waals surface area contributed by atoms with Gasteiger partial charge in [-0.05, 0) is 17.7 Å². The van der Waals surface area contributed by atoms with Crippen LogP contribution < -0.4 is 5.73 Å². The Balaban J connectivity index is 0.000000211. The lowest BCUT2D eigenvalue weighted by Crippen LogP contribution is -2.03. The highest BCUT2D eigenvalue weighted by Crippen LogP contribution is 2.14. The molecule has 0 saturated carbocycles. The number of para-hydroxylation sites is 1. The first-order valence-corrected chi connectivity index (χ1v) is 7.01. The molecule has 2 aromatic rings. The average Bonchev–Trinajstić information content (AvgIpc) is 2.47. The minimum atomic E-state index is -1.11. The van der Waals surface area contributed by atoms with E-state index in [4.69, 9.17) is 21.4 Å². The molecular formula is C15H16N2O3S. The topological polar surface area (TPSA) is 107 Å². The van der Waals surface area contributed by atoms with Crippen LogP contribution >= 0.6 is 11.8 Å². The van der Waals surface area contributed by atoms with Crippen LogP contribution in [-0.4, -0.2) is 21.4 Å². The van der Waals surface area contributed by atoms with Gasteiger partial charge < -0.3 is 15.9 Å². The van der Waals surface area contributed by atoms with E-state index < -0.39 is 5.97 Å². The fourth-order valence-electron chi connectivity index (χ4n) is 1.39. The maximum absolute atomic E-state index is 10.3. The third kappa shape index (κ3) is 6.49. The lowest BCUT2D eigenvalue weighted by molar-refractivity contribution is 0.0693. The zero-order chi connectivity index (χ0) is 15.7. The number of benzene rings is 2. The number of amidine groups is 1. The number of aromatic carboxylic acids is 1. The van der Waals surface area contributed by atoms with Crippen LogP contribution in [0.3, 0.4) is 0 Å². The van der Waals surface area contributed by atoms with Gasteiger partial charge in [-0.2, -0.15) is 0 Å². The third-order valence-electron chi connectivity index (χ3n) is 2.37. The molecule has 5 N–H and O–H groups in total. The van der Waals surface area contributed by atoms with E-state index in [0.29, 0.717) is 0 Å². The number of nitrogens with two attached hydrogens (primary N) is 1. The van der Waals surface area contributed by atoms with Gasteiger partial charge in [0.1, 0.15) is 11.3 Å². The van der Waals surface area contributed by atoms with Gasteiger partial charge in [-0.25, -0.2) is 4.79 Å². The van der Waals surface area contributed by atoms with Crippen molar-refractivity contribution in [3.63, 3.8) is 0 Å². The van der Waals surface area contributed by atoms with E-state index in [1.165, 1.54) is 29.5 Å². The summed E-state index contributed by atoms with van der Waals surface area (Å²) in [5.41, 5.74) is 6.32. The van der Waals surface area contributed by atoms with Gasteiger partial charge in [-0.3, -0.25) is 5.41 Å². The van der Waals surface area contributed by atoms with E-state index in [-0.39, 0.29) is 16.5 Å². The summed E-state index contributed by atoms with van der Waals surface area (Å²) in [7, 11) is 0. The first kappa shape index (κ1) is 16.6. The summed E-state index contributed by atoms with van der Waals surface area (Å²) < 4.78 is 0. The SMILES string of the molecule is N=C(N)SCc1ccccc1.O=C(O)c1ccccc1O. The lowest BCUT2D eigenvalue weighted by Gasteiger charge is -1.97. The Hall–Kier alpha value is -2.47. The molecule has 2 aromatic carbocycles. The standard InChI is InChI=1S/C8H10N2S.C7H6O3/c9-8(10)11-6-7-4-2-1-3-5-7;8-6-4-2-1-3-5(6)7(9)10/h1-5H,6H2,(H3,9,10);1-4,8H,(H,9,10). The van der Waals surface area contributed by atoms with Crippen LogP contribution in [0.2, 0.25) is 0 Å². The molecule has 0 atom stereocenters.